The fraction of sp³-hybridized carbons (Fsp3) is 0.0541. The Morgan fingerprint density at radius 2 is 0.957 bits per heavy atom. The van der Waals surface area contributed by atoms with Gasteiger partial charge in [0.25, 0.3) is 0 Å². The van der Waals surface area contributed by atoms with Crippen LogP contribution in [0.2, 0.25) is 0 Å². The molecule has 6 rings (SSSR count). The second kappa shape index (κ2) is 20.9. The van der Waals surface area contributed by atoms with E-state index in [1.165, 1.54) is 33.5 Å². The van der Waals surface area contributed by atoms with E-state index in [0.29, 0.717) is 0 Å². The van der Waals surface area contributed by atoms with Gasteiger partial charge in [-0.2, -0.15) is 34.0 Å². The van der Waals surface area contributed by atoms with Crippen molar-refractivity contribution in [1.82, 2.24) is 20.6 Å². The molecule has 47 heavy (non-hydrogen) atoms. The minimum absolute atomic E-state index is 0. The number of hydrogen-bond acceptors (Lipinski definition) is 6. The minimum atomic E-state index is -0.783. The number of benzene rings is 4. The summed E-state index contributed by atoms with van der Waals surface area (Å²) in [6, 6.07) is 59.2. The Morgan fingerprint density at radius 1 is 0.574 bits per heavy atom. The molecule has 5 aromatic carbocycles. The summed E-state index contributed by atoms with van der Waals surface area (Å²) in [6.07, 6.45) is 2.52. The summed E-state index contributed by atoms with van der Waals surface area (Å²) in [5.74, 6) is -0.111. The molecule has 1 aromatic heterocycles. The molecule has 0 radical (unpaired) electrons. The van der Waals surface area contributed by atoms with Gasteiger partial charge in [-0.3, -0.25) is 10.4 Å². The molecule has 0 aliphatic heterocycles. The molecule has 0 aliphatic carbocycles. The van der Waals surface area contributed by atoms with Gasteiger partial charge in [-0.05, 0) is 48.5 Å². The molecule has 0 spiro atoms. The van der Waals surface area contributed by atoms with Gasteiger partial charge in [0.05, 0.1) is 42.9 Å². The van der Waals surface area contributed by atoms with Crippen LogP contribution in [0.4, 0.5) is 0 Å². The van der Waals surface area contributed by atoms with Crippen LogP contribution in [0.25, 0.3) is 5.57 Å². The Hall–Kier alpha value is -5.01. The first-order valence-corrected chi connectivity index (χ1v) is 17.9. The molecule has 226 valence electrons. The normalized spacial score (nSPS) is 9.60. The standard InChI is InChI=1S/C26H24P2.C6N7.C5H5.Ru/c1-5-13-23(14-6-1)27(24-15-7-2-8-16-24)21-22-28(25-17-9-3-10-18-25)26-19-11-4-12-20-26;7-1-4(2-8)5(3-9)6-10-12-13-11-6;1-2-4-5-3-1;/h1-20H,21-22H2;;1-5H;/q;2*-1;+6/p+2. The van der Waals surface area contributed by atoms with Gasteiger partial charge in [-0.25, -0.2) is 17.2 Å². The number of allylic oxidation sites excluding steroid dienone is 2. The predicted molar refractivity (Wildman–Crippen MR) is 190 cm³/mol. The van der Waals surface area contributed by atoms with Crippen molar-refractivity contribution in [2.45, 2.75) is 0 Å². The van der Waals surface area contributed by atoms with Gasteiger partial charge >= 0.3 is 19.5 Å². The van der Waals surface area contributed by atoms with Gasteiger partial charge in [0, 0.05) is 0 Å². The number of tetrazole rings is 1. The second-order valence-electron chi connectivity index (χ2n) is 9.67. The maximum atomic E-state index is 8.58. The SMILES string of the molecule is N#CC(C#N)=C(C#N)c1nn[n-]n1.[Ru+6].c1cc[cH-]c1.c1ccc([PH+](CC[PH+](c2ccccc2)c2ccccc2)c2ccccc2)cc1. The molecular formula is C37H31N7P2Ru+6. The van der Waals surface area contributed by atoms with Crippen LogP contribution in [0.3, 0.4) is 0 Å². The minimum Gasteiger partial charge on any atom is -0.330 e. The molecule has 7 nitrogen and oxygen atoms in total. The van der Waals surface area contributed by atoms with E-state index in [-0.39, 0.29) is 36.4 Å². The van der Waals surface area contributed by atoms with Crippen molar-refractivity contribution in [2.75, 3.05) is 12.3 Å². The van der Waals surface area contributed by atoms with E-state index in [0.717, 1.165) is 0 Å². The topological polar surface area (TPSA) is 124 Å². The average Bonchev–Trinajstić information content (AvgIpc) is 3.90. The molecule has 0 N–H and O–H groups in total. The van der Waals surface area contributed by atoms with E-state index < -0.39 is 15.8 Å². The zero-order chi connectivity index (χ0) is 32.2. The zero-order valence-corrected chi connectivity index (χ0v) is 29.1. The van der Waals surface area contributed by atoms with Crippen molar-refractivity contribution in [1.29, 1.82) is 15.8 Å². The smallest absolute Gasteiger partial charge is 0.330 e. The van der Waals surface area contributed by atoms with Crippen LogP contribution >= 0.6 is 15.8 Å². The van der Waals surface area contributed by atoms with E-state index in [1.807, 2.05) is 30.3 Å². The molecule has 10 heteroatoms. The molecule has 0 atom stereocenters. The first-order chi connectivity index (χ1) is 22.7. The Bertz CT molecular complexity index is 1670. The van der Waals surface area contributed by atoms with Crippen LogP contribution in [0.5, 0.6) is 0 Å². The van der Waals surface area contributed by atoms with Crippen molar-refractivity contribution < 1.29 is 19.5 Å². The Morgan fingerprint density at radius 3 is 1.21 bits per heavy atom. The van der Waals surface area contributed by atoms with Crippen molar-refractivity contribution in [3.8, 4) is 18.2 Å². The van der Waals surface area contributed by atoms with Crippen LogP contribution in [0, 0.1) is 34.0 Å². The number of nitriles is 3. The fourth-order valence-corrected chi connectivity index (χ4v) is 10.8. The first-order valence-electron chi connectivity index (χ1n) is 14.5. The zero-order valence-electron chi connectivity index (χ0n) is 25.3. The van der Waals surface area contributed by atoms with E-state index >= 15 is 0 Å². The Balaban J connectivity index is 0.000000261. The summed E-state index contributed by atoms with van der Waals surface area (Å²) in [7, 11) is -1.57. The summed E-state index contributed by atoms with van der Waals surface area (Å²) in [5.41, 5.74) is -0.563. The van der Waals surface area contributed by atoms with Gasteiger partial charge in [0.1, 0.15) is 41.7 Å². The average molecular weight is 737 g/mol. The van der Waals surface area contributed by atoms with Crippen LogP contribution in [-0.4, -0.2) is 27.7 Å². The summed E-state index contributed by atoms with van der Waals surface area (Å²) in [4.78, 5) is 0. The molecule has 0 bridgehead atoms. The van der Waals surface area contributed by atoms with E-state index in [9.17, 15) is 0 Å². The Labute approximate surface area is 290 Å². The molecule has 0 saturated heterocycles. The third kappa shape index (κ3) is 11.4. The van der Waals surface area contributed by atoms with Gasteiger partial charge in [-0.15, -0.1) is 0 Å². The third-order valence-electron chi connectivity index (χ3n) is 6.80. The summed E-state index contributed by atoms with van der Waals surface area (Å²) < 4.78 is 0. The van der Waals surface area contributed by atoms with Gasteiger partial charge in [0.15, 0.2) is 0 Å². The van der Waals surface area contributed by atoms with Gasteiger partial charge in [0.2, 0.25) is 0 Å². The summed E-state index contributed by atoms with van der Waals surface area (Å²) in [6.45, 7) is 0. The second-order valence-corrected chi connectivity index (χ2v) is 14.9. The molecule has 0 saturated carbocycles. The number of rotatable bonds is 8. The van der Waals surface area contributed by atoms with Crippen LogP contribution in [-0.2, 0) is 19.5 Å². The largest absolute Gasteiger partial charge is 6.00 e. The van der Waals surface area contributed by atoms with E-state index in [2.05, 4.69) is 142 Å². The number of hydrogen-bond donors (Lipinski definition) is 0. The van der Waals surface area contributed by atoms with Crippen molar-refractivity contribution in [3.05, 3.63) is 163 Å². The maximum absolute atomic E-state index is 8.58. The van der Waals surface area contributed by atoms with Gasteiger partial charge in [-0.1, -0.05) is 72.8 Å². The van der Waals surface area contributed by atoms with Gasteiger partial charge < -0.3 is 5.10 Å². The Kier molecular flexibility index (Phi) is 16.2. The molecule has 6 aromatic rings. The molecule has 0 amide bonds. The monoisotopic (exact) mass is 737 g/mol. The quantitative estimate of drug-likeness (QED) is 0.0903. The van der Waals surface area contributed by atoms with E-state index in [4.69, 9.17) is 15.8 Å². The third-order valence-corrected chi connectivity index (χ3v) is 12.9. The molecular weight excluding hydrogens is 705 g/mol. The van der Waals surface area contributed by atoms with Crippen molar-refractivity contribution in [2.24, 2.45) is 0 Å². The fourth-order valence-electron chi connectivity index (χ4n) is 4.64. The maximum Gasteiger partial charge on any atom is 6.00 e. The molecule has 1 heterocycles. The molecule has 0 aliphatic rings. The van der Waals surface area contributed by atoms with Crippen LogP contribution < -0.4 is 26.4 Å². The van der Waals surface area contributed by atoms with Crippen molar-refractivity contribution in [3.63, 3.8) is 0 Å². The number of aromatic nitrogens is 4. The van der Waals surface area contributed by atoms with Crippen LogP contribution in [0.1, 0.15) is 5.82 Å². The summed E-state index contributed by atoms with van der Waals surface area (Å²) >= 11 is 0. The summed E-state index contributed by atoms with van der Waals surface area (Å²) in [5, 5.41) is 44.5. The number of nitrogens with zero attached hydrogens (tertiary/aromatic N) is 7. The van der Waals surface area contributed by atoms with Crippen LogP contribution in [0.15, 0.2) is 157 Å². The molecule has 0 fully saturated rings. The van der Waals surface area contributed by atoms with E-state index in [1.54, 1.807) is 18.2 Å². The first kappa shape index (κ1) is 36.5. The molecule has 0 unspecified atom stereocenters. The predicted octanol–water partition coefficient (Wildman–Crippen LogP) is 5.27. The van der Waals surface area contributed by atoms with Crippen molar-refractivity contribution >= 4 is 42.6 Å².